The molecule has 106 valence electrons. The molecular weight excluding hydrogens is 252 g/mol. The molecule has 0 unspecified atom stereocenters. The Morgan fingerprint density at radius 1 is 1.26 bits per heavy atom. The van der Waals surface area contributed by atoms with Gasteiger partial charge < -0.3 is 9.53 Å². The molecule has 3 heteroatoms. The van der Waals surface area contributed by atoms with Crippen molar-refractivity contribution < 1.29 is 9.53 Å². The van der Waals surface area contributed by atoms with Crippen LogP contribution >= 0.6 is 0 Å². The van der Waals surface area contributed by atoms with E-state index >= 15 is 0 Å². The van der Waals surface area contributed by atoms with Gasteiger partial charge in [-0.1, -0.05) is 46.0 Å². The maximum atomic E-state index is 10.5. The molecule has 0 bridgehead atoms. The Labute approximate surface area is 118 Å². The summed E-state index contributed by atoms with van der Waals surface area (Å²) < 4.78 is 5.59. The quantitative estimate of drug-likeness (QED) is 0.608. The first-order chi connectivity index (χ1) is 8.74. The van der Waals surface area contributed by atoms with E-state index in [1.54, 1.807) is 7.11 Å². The van der Waals surface area contributed by atoms with Crippen LogP contribution in [0.1, 0.15) is 32.8 Å². The van der Waals surface area contributed by atoms with E-state index in [4.69, 9.17) is 4.74 Å². The summed E-state index contributed by atoms with van der Waals surface area (Å²) in [5.74, 6) is 0.981. The first-order valence-electron chi connectivity index (χ1n) is 6.85. The molecule has 0 radical (unpaired) electrons. The van der Waals surface area contributed by atoms with Crippen molar-refractivity contribution in [2.75, 3.05) is 7.11 Å². The van der Waals surface area contributed by atoms with Gasteiger partial charge in [0, 0.05) is 6.42 Å². The SMILES string of the molecule is COc1cc(CCC=O)ccc1[Si](C)(C)C(C)(C)C. The average molecular weight is 278 g/mol. The minimum absolute atomic E-state index is 0.282. The van der Waals surface area contributed by atoms with Gasteiger partial charge in [0.2, 0.25) is 0 Å². The fraction of sp³-hybridized carbons (Fsp3) is 0.562. The highest BCUT2D eigenvalue weighted by Gasteiger charge is 2.38. The van der Waals surface area contributed by atoms with Crippen molar-refractivity contribution in [3.05, 3.63) is 23.8 Å². The van der Waals surface area contributed by atoms with Crippen molar-refractivity contribution in [2.24, 2.45) is 0 Å². The van der Waals surface area contributed by atoms with E-state index in [0.717, 1.165) is 18.5 Å². The number of carbonyl (C=O) groups excluding carboxylic acids is 1. The van der Waals surface area contributed by atoms with Crippen LogP contribution in [-0.4, -0.2) is 21.5 Å². The van der Waals surface area contributed by atoms with Crippen LogP contribution < -0.4 is 9.92 Å². The van der Waals surface area contributed by atoms with Crippen LogP contribution in [0.15, 0.2) is 18.2 Å². The molecule has 0 aliphatic heterocycles. The van der Waals surface area contributed by atoms with Gasteiger partial charge in [0.05, 0.1) is 15.2 Å². The second-order valence-corrected chi connectivity index (χ2v) is 11.9. The molecule has 19 heavy (non-hydrogen) atoms. The van der Waals surface area contributed by atoms with Crippen molar-refractivity contribution in [1.29, 1.82) is 0 Å². The topological polar surface area (TPSA) is 26.3 Å². The molecule has 0 heterocycles. The number of hydrogen-bond donors (Lipinski definition) is 0. The Balaban J connectivity index is 3.19. The summed E-state index contributed by atoms with van der Waals surface area (Å²) in [5, 5.41) is 1.64. The van der Waals surface area contributed by atoms with Gasteiger partial charge in [0.15, 0.2) is 0 Å². The molecule has 1 rings (SSSR count). The van der Waals surface area contributed by atoms with Gasteiger partial charge in [-0.15, -0.1) is 0 Å². The van der Waals surface area contributed by atoms with Gasteiger partial charge in [-0.05, 0) is 28.3 Å². The molecule has 0 amide bonds. The van der Waals surface area contributed by atoms with Gasteiger partial charge in [-0.2, -0.15) is 0 Å². The minimum atomic E-state index is -1.60. The van der Waals surface area contributed by atoms with E-state index in [2.05, 4.69) is 52.1 Å². The van der Waals surface area contributed by atoms with Crippen LogP contribution in [0.3, 0.4) is 0 Å². The largest absolute Gasteiger partial charge is 0.497 e. The molecule has 0 spiro atoms. The highest BCUT2D eigenvalue weighted by atomic mass is 28.3. The van der Waals surface area contributed by atoms with Crippen molar-refractivity contribution in [3.8, 4) is 5.75 Å². The number of aldehydes is 1. The van der Waals surface area contributed by atoms with Crippen molar-refractivity contribution in [2.45, 2.75) is 51.7 Å². The molecule has 0 saturated heterocycles. The predicted octanol–water partition coefficient (Wildman–Crippen LogP) is 3.54. The molecule has 0 saturated carbocycles. The van der Waals surface area contributed by atoms with Gasteiger partial charge in [0.25, 0.3) is 0 Å². The Morgan fingerprint density at radius 3 is 2.37 bits per heavy atom. The number of methoxy groups -OCH3 is 1. The third kappa shape index (κ3) is 3.47. The molecule has 0 aliphatic carbocycles. The fourth-order valence-corrected chi connectivity index (χ4v) is 4.14. The second-order valence-electron chi connectivity index (χ2n) is 6.61. The summed E-state index contributed by atoms with van der Waals surface area (Å²) in [7, 11) is 0.136. The predicted molar refractivity (Wildman–Crippen MR) is 84.2 cm³/mol. The van der Waals surface area contributed by atoms with Crippen molar-refractivity contribution in [1.82, 2.24) is 0 Å². The number of benzene rings is 1. The summed E-state index contributed by atoms with van der Waals surface area (Å²) in [5.41, 5.74) is 1.17. The van der Waals surface area contributed by atoms with Gasteiger partial charge in [-0.3, -0.25) is 0 Å². The fourth-order valence-electron chi connectivity index (χ4n) is 2.04. The van der Waals surface area contributed by atoms with Crippen LogP contribution in [-0.2, 0) is 11.2 Å². The third-order valence-corrected chi connectivity index (χ3v) is 9.87. The van der Waals surface area contributed by atoms with Gasteiger partial charge >= 0.3 is 0 Å². The summed E-state index contributed by atoms with van der Waals surface area (Å²) in [6.07, 6.45) is 2.33. The third-order valence-electron chi connectivity index (χ3n) is 4.37. The number of ether oxygens (including phenoxy) is 1. The molecule has 1 aromatic carbocycles. The average Bonchev–Trinajstić information content (AvgIpc) is 2.34. The lowest BCUT2D eigenvalue weighted by Gasteiger charge is -2.38. The maximum absolute atomic E-state index is 10.5. The lowest BCUT2D eigenvalue weighted by Crippen LogP contribution is -2.49. The number of carbonyl (C=O) groups is 1. The standard InChI is InChI=1S/C16H26O2Si/c1-16(2,3)19(5,6)15-10-9-13(8-7-11-17)12-14(15)18-4/h9-12H,7-8H2,1-6H3. The smallest absolute Gasteiger partial charge is 0.120 e. The molecule has 1 aromatic rings. The molecular formula is C16H26O2Si. The molecule has 0 N–H and O–H groups in total. The van der Waals surface area contributed by atoms with Crippen molar-refractivity contribution in [3.63, 3.8) is 0 Å². The zero-order valence-electron chi connectivity index (χ0n) is 13.0. The Bertz CT molecular complexity index is 445. The first kappa shape index (κ1) is 16.0. The first-order valence-corrected chi connectivity index (χ1v) is 9.85. The van der Waals surface area contributed by atoms with Crippen molar-refractivity contribution >= 4 is 19.5 Å². The van der Waals surface area contributed by atoms with Crippen LogP contribution in [0.4, 0.5) is 0 Å². The zero-order valence-corrected chi connectivity index (χ0v) is 14.0. The monoisotopic (exact) mass is 278 g/mol. The lowest BCUT2D eigenvalue weighted by molar-refractivity contribution is -0.107. The summed E-state index contributed by atoms with van der Waals surface area (Å²) >= 11 is 0. The molecule has 0 fully saturated rings. The second kappa shape index (κ2) is 5.91. The number of aryl methyl sites for hydroxylation is 1. The highest BCUT2D eigenvalue weighted by molar-refractivity contribution is 6.92. The summed E-state index contributed by atoms with van der Waals surface area (Å²) in [4.78, 5) is 10.5. The normalized spacial score (nSPS) is 12.3. The number of hydrogen-bond acceptors (Lipinski definition) is 2. The van der Waals surface area contributed by atoms with Gasteiger partial charge in [-0.25, -0.2) is 0 Å². The van der Waals surface area contributed by atoms with E-state index in [9.17, 15) is 4.79 Å². The molecule has 0 atom stereocenters. The zero-order chi connectivity index (χ0) is 14.7. The van der Waals surface area contributed by atoms with Crippen LogP contribution in [0.25, 0.3) is 0 Å². The molecule has 0 aromatic heterocycles. The Kier molecular flexibility index (Phi) is 4.96. The minimum Gasteiger partial charge on any atom is -0.497 e. The number of rotatable bonds is 5. The van der Waals surface area contributed by atoms with Gasteiger partial charge in [0.1, 0.15) is 12.0 Å². The Hall–Kier alpha value is -1.09. The maximum Gasteiger partial charge on any atom is 0.120 e. The molecule has 0 aliphatic rings. The van der Waals surface area contributed by atoms with E-state index in [0.29, 0.717) is 6.42 Å². The Morgan fingerprint density at radius 2 is 1.89 bits per heavy atom. The summed E-state index contributed by atoms with van der Waals surface area (Å²) in [6.45, 7) is 11.7. The highest BCUT2D eigenvalue weighted by Crippen LogP contribution is 2.37. The van der Waals surface area contributed by atoms with E-state index in [1.165, 1.54) is 10.8 Å². The van der Waals surface area contributed by atoms with Crippen LogP contribution in [0, 0.1) is 0 Å². The van der Waals surface area contributed by atoms with E-state index in [1.807, 2.05) is 0 Å². The molecule has 2 nitrogen and oxygen atoms in total. The lowest BCUT2D eigenvalue weighted by atomic mass is 10.1. The van der Waals surface area contributed by atoms with Crippen LogP contribution in [0.5, 0.6) is 5.75 Å². The van der Waals surface area contributed by atoms with Crippen LogP contribution in [0.2, 0.25) is 18.1 Å². The van der Waals surface area contributed by atoms with E-state index < -0.39 is 8.07 Å². The van der Waals surface area contributed by atoms with E-state index in [-0.39, 0.29) is 5.04 Å². The summed E-state index contributed by atoms with van der Waals surface area (Å²) in [6, 6.07) is 6.44.